The fourth-order valence-corrected chi connectivity index (χ4v) is 1.85. The highest BCUT2D eigenvalue weighted by Crippen LogP contribution is 2.18. The summed E-state index contributed by atoms with van der Waals surface area (Å²) in [4.78, 5) is 22.3. The Balaban J connectivity index is 2.06. The molecule has 23 heavy (non-hydrogen) atoms. The molecule has 1 atom stereocenters. The van der Waals surface area contributed by atoms with Crippen molar-refractivity contribution in [3.8, 4) is 5.75 Å². The van der Waals surface area contributed by atoms with Crippen molar-refractivity contribution in [2.24, 2.45) is 0 Å². The first-order valence-electron chi connectivity index (χ1n) is 6.82. The van der Waals surface area contributed by atoms with Crippen molar-refractivity contribution in [3.63, 3.8) is 0 Å². The van der Waals surface area contributed by atoms with Crippen LogP contribution in [0.4, 0.5) is 5.69 Å². The van der Waals surface area contributed by atoms with Gasteiger partial charge in [0.2, 0.25) is 0 Å². The molecule has 0 aliphatic rings. The van der Waals surface area contributed by atoms with Crippen molar-refractivity contribution in [1.82, 2.24) is 0 Å². The van der Waals surface area contributed by atoms with Crippen LogP contribution in [-0.2, 0) is 0 Å². The van der Waals surface area contributed by atoms with Gasteiger partial charge in [0.1, 0.15) is 18.5 Å². The molecule has 0 heterocycles. The first-order chi connectivity index (χ1) is 11.0. The summed E-state index contributed by atoms with van der Waals surface area (Å²) in [5.41, 5.74) is 0.682. The number of aliphatic hydroxyl groups is 2. The van der Waals surface area contributed by atoms with E-state index in [1.54, 1.807) is 24.3 Å². The number of nitro groups is 1. The normalized spacial score (nSPS) is 11.7. The van der Waals surface area contributed by atoms with Crippen LogP contribution < -0.4 is 4.74 Å². The van der Waals surface area contributed by atoms with Crippen molar-refractivity contribution in [2.45, 2.75) is 6.10 Å². The summed E-state index contributed by atoms with van der Waals surface area (Å²) < 4.78 is 5.24. The van der Waals surface area contributed by atoms with Gasteiger partial charge < -0.3 is 14.9 Å². The lowest BCUT2D eigenvalue weighted by molar-refractivity contribution is -0.384. The molecule has 7 heteroatoms. The summed E-state index contributed by atoms with van der Waals surface area (Å²) in [6.07, 6.45) is -0.962. The van der Waals surface area contributed by atoms with Gasteiger partial charge in [0, 0.05) is 23.3 Å². The third-order valence-corrected chi connectivity index (χ3v) is 3.11. The lowest BCUT2D eigenvalue weighted by atomic mass is 10.0. The van der Waals surface area contributed by atoms with E-state index in [2.05, 4.69) is 0 Å². The molecule has 0 aliphatic heterocycles. The van der Waals surface area contributed by atoms with Crippen LogP contribution in [0.15, 0.2) is 48.5 Å². The number of non-ortho nitro benzene ring substituents is 1. The number of nitro benzene ring substituents is 1. The fourth-order valence-electron chi connectivity index (χ4n) is 1.85. The highest BCUT2D eigenvalue weighted by atomic mass is 16.6. The number of benzene rings is 2. The quantitative estimate of drug-likeness (QED) is 0.455. The molecule has 7 nitrogen and oxygen atoms in total. The molecule has 2 aromatic rings. The third kappa shape index (κ3) is 4.35. The van der Waals surface area contributed by atoms with Crippen LogP contribution in [0.2, 0.25) is 0 Å². The Labute approximate surface area is 131 Å². The Morgan fingerprint density at radius 2 is 1.61 bits per heavy atom. The molecule has 0 bridgehead atoms. The van der Waals surface area contributed by atoms with Crippen LogP contribution in [0.1, 0.15) is 15.9 Å². The van der Waals surface area contributed by atoms with E-state index < -0.39 is 17.6 Å². The molecular weight excluding hydrogens is 302 g/mol. The monoisotopic (exact) mass is 317 g/mol. The van der Waals surface area contributed by atoms with E-state index >= 15 is 0 Å². The van der Waals surface area contributed by atoms with Crippen LogP contribution in [0, 0.1) is 10.1 Å². The van der Waals surface area contributed by atoms with Gasteiger partial charge in [-0.3, -0.25) is 14.9 Å². The average Bonchev–Trinajstić information content (AvgIpc) is 2.59. The molecule has 2 rings (SSSR count). The Morgan fingerprint density at radius 1 is 1.09 bits per heavy atom. The largest absolute Gasteiger partial charge is 0.491 e. The van der Waals surface area contributed by atoms with E-state index in [-0.39, 0.29) is 18.1 Å². The number of hydrogen-bond acceptors (Lipinski definition) is 6. The van der Waals surface area contributed by atoms with Crippen LogP contribution in [0.5, 0.6) is 5.75 Å². The molecule has 0 aliphatic carbocycles. The van der Waals surface area contributed by atoms with Gasteiger partial charge in [-0.2, -0.15) is 0 Å². The van der Waals surface area contributed by atoms with Crippen LogP contribution in [0.25, 0.3) is 0 Å². The zero-order valence-electron chi connectivity index (χ0n) is 12.1. The second-order valence-electron chi connectivity index (χ2n) is 4.80. The molecule has 2 N–H and O–H groups in total. The molecule has 0 amide bonds. The standard InChI is InChI=1S/C16H15NO6/c18-9-14(19)10-23-15-7-3-12(4-8-15)16(20)11-1-5-13(6-2-11)17(21)22/h1-8,14,18-19H,9-10H2/t14-/m0/s1. The first-order valence-corrected chi connectivity index (χ1v) is 6.82. The zero-order chi connectivity index (χ0) is 16.8. The predicted molar refractivity (Wildman–Crippen MR) is 81.6 cm³/mol. The fraction of sp³-hybridized carbons (Fsp3) is 0.188. The lowest BCUT2D eigenvalue weighted by Gasteiger charge is -2.10. The Morgan fingerprint density at radius 3 is 2.09 bits per heavy atom. The number of carbonyl (C=O) groups excluding carboxylic acids is 1. The molecule has 120 valence electrons. The van der Waals surface area contributed by atoms with Crippen LogP contribution in [-0.4, -0.2) is 40.2 Å². The highest BCUT2D eigenvalue weighted by molar-refractivity contribution is 6.09. The minimum absolute atomic E-state index is 0.0495. The first kappa shape index (κ1) is 16.6. The van der Waals surface area contributed by atoms with E-state index in [0.29, 0.717) is 16.9 Å². The highest BCUT2D eigenvalue weighted by Gasteiger charge is 2.12. The number of ether oxygens (including phenoxy) is 1. The van der Waals surface area contributed by atoms with Crippen molar-refractivity contribution in [2.75, 3.05) is 13.2 Å². The number of ketones is 1. The van der Waals surface area contributed by atoms with E-state index in [1.165, 1.54) is 24.3 Å². The Bertz CT molecular complexity index is 681. The van der Waals surface area contributed by atoms with Gasteiger partial charge in [-0.25, -0.2) is 0 Å². The molecule has 0 fully saturated rings. The number of carbonyl (C=O) groups is 1. The maximum atomic E-state index is 12.3. The molecule has 0 unspecified atom stereocenters. The number of nitrogens with zero attached hydrogens (tertiary/aromatic N) is 1. The second-order valence-corrected chi connectivity index (χ2v) is 4.80. The van der Waals surface area contributed by atoms with Gasteiger partial charge >= 0.3 is 0 Å². The van der Waals surface area contributed by atoms with Crippen LogP contribution in [0.3, 0.4) is 0 Å². The number of aliphatic hydroxyl groups excluding tert-OH is 2. The summed E-state index contributed by atoms with van der Waals surface area (Å²) in [6.45, 7) is -0.442. The summed E-state index contributed by atoms with van der Waals surface area (Å²) in [5, 5.41) is 28.5. The van der Waals surface area contributed by atoms with Crippen molar-refractivity contribution in [3.05, 3.63) is 69.8 Å². The summed E-state index contributed by atoms with van der Waals surface area (Å²) in [5.74, 6) is 0.194. The predicted octanol–water partition coefficient (Wildman–Crippen LogP) is 1.56. The Hall–Kier alpha value is -2.77. The number of rotatable bonds is 7. The van der Waals surface area contributed by atoms with Gasteiger partial charge in [0.15, 0.2) is 5.78 Å². The molecule has 0 aromatic heterocycles. The third-order valence-electron chi connectivity index (χ3n) is 3.11. The molecule has 0 spiro atoms. The average molecular weight is 317 g/mol. The van der Waals surface area contributed by atoms with Gasteiger partial charge in [0.25, 0.3) is 5.69 Å². The zero-order valence-corrected chi connectivity index (χ0v) is 12.1. The van der Waals surface area contributed by atoms with E-state index in [4.69, 9.17) is 9.84 Å². The van der Waals surface area contributed by atoms with Gasteiger partial charge in [-0.05, 0) is 36.4 Å². The van der Waals surface area contributed by atoms with Gasteiger partial charge in [-0.15, -0.1) is 0 Å². The van der Waals surface area contributed by atoms with Crippen molar-refractivity contribution < 1.29 is 24.7 Å². The summed E-state index contributed by atoms with van der Waals surface area (Å²) in [6, 6.07) is 11.6. The van der Waals surface area contributed by atoms with Crippen molar-refractivity contribution in [1.29, 1.82) is 0 Å². The minimum atomic E-state index is -0.962. The minimum Gasteiger partial charge on any atom is -0.491 e. The van der Waals surface area contributed by atoms with Gasteiger partial charge in [0.05, 0.1) is 11.5 Å². The second kappa shape index (κ2) is 7.48. The molecule has 0 radical (unpaired) electrons. The van der Waals surface area contributed by atoms with Crippen LogP contribution >= 0.6 is 0 Å². The summed E-state index contributed by atoms with van der Waals surface area (Å²) in [7, 11) is 0. The van der Waals surface area contributed by atoms with Crippen molar-refractivity contribution >= 4 is 11.5 Å². The summed E-state index contributed by atoms with van der Waals surface area (Å²) >= 11 is 0. The van der Waals surface area contributed by atoms with E-state index in [1.807, 2.05) is 0 Å². The molecule has 0 saturated heterocycles. The Kier molecular flexibility index (Phi) is 5.40. The molecule has 0 saturated carbocycles. The lowest BCUT2D eigenvalue weighted by Crippen LogP contribution is -2.21. The SMILES string of the molecule is O=C(c1ccc(OC[C@@H](O)CO)cc1)c1ccc([N+](=O)[O-])cc1. The maximum absolute atomic E-state index is 12.3. The molecule has 2 aromatic carbocycles. The van der Waals surface area contributed by atoms with Gasteiger partial charge in [-0.1, -0.05) is 0 Å². The number of hydrogen-bond donors (Lipinski definition) is 2. The topological polar surface area (TPSA) is 110 Å². The smallest absolute Gasteiger partial charge is 0.269 e. The maximum Gasteiger partial charge on any atom is 0.269 e. The van der Waals surface area contributed by atoms with E-state index in [0.717, 1.165) is 0 Å². The van der Waals surface area contributed by atoms with E-state index in [9.17, 15) is 20.0 Å². The molecular formula is C16H15NO6.